The van der Waals surface area contributed by atoms with Gasteiger partial charge in [-0.25, -0.2) is 4.79 Å². The zero-order valence-electron chi connectivity index (χ0n) is 19.9. The molecule has 1 aromatic carbocycles. The first-order chi connectivity index (χ1) is 15.5. The van der Waals surface area contributed by atoms with Crippen LogP contribution >= 0.6 is 0 Å². The van der Waals surface area contributed by atoms with Gasteiger partial charge in [-0.3, -0.25) is 0 Å². The Kier molecular flexibility index (Phi) is 7.65. The highest BCUT2D eigenvalue weighted by Crippen LogP contribution is 2.36. The van der Waals surface area contributed by atoms with Crippen LogP contribution in [0.15, 0.2) is 29.9 Å². The summed E-state index contributed by atoms with van der Waals surface area (Å²) in [5.74, 6) is -0.0185. The van der Waals surface area contributed by atoms with E-state index in [9.17, 15) is 20.1 Å². The van der Waals surface area contributed by atoms with E-state index in [1.807, 2.05) is 45.9 Å². The highest BCUT2D eigenvalue weighted by molar-refractivity contribution is 5.91. The Morgan fingerprint density at radius 1 is 1.03 bits per heavy atom. The lowest BCUT2D eigenvalue weighted by molar-refractivity contribution is -0.235. The minimum atomic E-state index is -1.44. The van der Waals surface area contributed by atoms with Crippen molar-refractivity contribution >= 4 is 12.0 Å². The first-order valence-electron chi connectivity index (χ1n) is 11.0. The fourth-order valence-corrected chi connectivity index (χ4v) is 4.19. The van der Waals surface area contributed by atoms with Gasteiger partial charge in [-0.2, -0.15) is 0 Å². The van der Waals surface area contributed by atoms with Crippen LogP contribution < -0.4 is 4.74 Å². The molecule has 1 aromatic rings. The summed E-state index contributed by atoms with van der Waals surface area (Å²) in [6, 6.07) is 3.36. The third-order valence-corrected chi connectivity index (χ3v) is 6.00. The lowest BCUT2D eigenvalue weighted by atomic mass is 9.84. The number of carbonyl (C=O) groups excluding carboxylic acids is 1. The molecule has 0 amide bonds. The SMILES string of the molecule is CO[C@@H]1C(O)[C@H](OC)[C@@H](O)C(OC(=O)c2cc3c(c(CC=C(C)C)c2)OC(C)(C)C=C3)[C@H]1O. The van der Waals surface area contributed by atoms with Gasteiger partial charge in [0.2, 0.25) is 0 Å². The number of hydrogen-bond acceptors (Lipinski definition) is 8. The lowest BCUT2D eigenvalue weighted by Gasteiger charge is -2.43. The number of esters is 1. The Morgan fingerprint density at radius 2 is 1.61 bits per heavy atom. The van der Waals surface area contributed by atoms with Gasteiger partial charge in [0.1, 0.15) is 41.9 Å². The monoisotopic (exact) mass is 462 g/mol. The smallest absolute Gasteiger partial charge is 0.338 e. The molecule has 2 unspecified atom stereocenters. The number of allylic oxidation sites excluding steroid dienone is 2. The zero-order chi connectivity index (χ0) is 24.5. The van der Waals surface area contributed by atoms with Crippen LogP contribution in [0, 0.1) is 0 Å². The summed E-state index contributed by atoms with van der Waals surface area (Å²) in [6.45, 7) is 7.90. The second-order valence-electron chi connectivity index (χ2n) is 9.32. The molecule has 8 heteroatoms. The third kappa shape index (κ3) is 5.31. The quantitative estimate of drug-likeness (QED) is 0.435. The molecule has 1 aliphatic carbocycles. The number of methoxy groups -OCH3 is 2. The van der Waals surface area contributed by atoms with Gasteiger partial charge >= 0.3 is 5.97 Å². The van der Waals surface area contributed by atoms with Crippen molar-refractivity contribution in [3.05, 3.63) is 46.5 Å². The van der Waals surface area contributed by atoms with Gasteiger partial charge in [-0.15, -0.1) is 0 Å². The third-order valence-electron chi connectivity index (χ3n) is 6.00. The molecule has 6 atom stereocenters. The number of fused-ring (bicyclic) bond motifs is 1. The number of rotatable bonds is 6. The molecule has 1 aliphatic heterocycles. The van der Waals surface area contributed by atoms with Crippen molar-refractivity contribution in [2.45, 2.75) is 76.3 Å². The summed E-state index contributed by atoms with van der Waals surface area (Å²) in [5, 5.41) is 31.5. The molecule has 0 bridgehead atoms. The maximum Gasteiger partial charge on any atom is 0.338 e. The number of aliphatic hydroxyl groups excluding tert-OH is 3. The van der Waals surface area contributed by atoms with E-state index < -0.39 is 48.2 Å². The van der Waals surface area contributed by atoms with E-state index in [2.05, 4.69) is 0 Å². The molecule has 33 heavy (non-hydrogen) atoms. The van der Waals surface area contributed by atoms with Crippen molar-refractivity contribution in [2.75, 3.05) is 14.2 Å². The molecule has 3 N–H and O–H groups in total. The molecule has 182 valence electrons. The van der Waals surface area contributed by atoms with Gasteiger partial charge in [-0.1, -0.05) is 17.7 Å². The van der Waals surface area contributed by atoms with E-state index in [0.29, 0.717) is 12.2 Å². The van der Waals surface area contributed by atoms with E-state index in [0.717, 1.165) is 16.7 Å². The lowest BCUT2D eigenvalue weighted by Crippen LogP contribution is -2.65. The first-order valence-corrected chi connectivity index (χ1v) is 11.0. The largest absolute Gasteiger partial charge is 0.483 e. The molecule has 1 fully saturated rings. The molecular formula is C25H34O8. The fourth-order valence-electron chi connectivity index (χ4n) is 4.19. The second-order valence-corrected chi connectivity index (χ2v) is 9.32. The Labute approximate surface area is 194 Å². The fraction of sp³-hybridized carbons (Fsp3) is 0.560. The van der Waals surface area contributed by atoms with E-state index in [-0.39, 0.29) is 5.56 Å². The standard InChI is InChI=1S/C25H34O8/c1-13(2)7-8-14-11-16(12-15-9-10-25(3,4)33-20(14)15)24(29)32-23-18(27)21(30-5)17(26)22(31-6)19(23)28/h7,9-12,17-19,21-23,26-28H,8H2,1-6H3/t17?,18-,19+,21+,22-,23?. The van der Waals surface area contributed by atoms with Crippen LogP contribution in [0.2, 0.25) is 0 Å². The van der Waals surface area contributed by atoms with Crippen LogP contribution in [-0.4, -0.2) is 77.7 Å². The number of aliphatic hydroxyl groups is 3. The molecular weight excluding hydrogens is 428 g/mol. The Balaban J connectivity index is 1.93. The minimum Gasteiger partial charge on any atom is -0.483 e. The number of ether oxygens (including phenoxy) is 4. The van der Waals surface area contributed by atoms with Crippen molar-refractivity contribution in [3.63, 3.8) is 0 Å². The molecule has 0 aromatic heterocycles. The van der Waals surface area contributed by atoms with Gasteiger partial charge in [0.15, 0.2) is 6.10 Å². The minimum absolute atomic E-state index is 0.257. The molecule has 3 rings (SSSR count). The van der Waals surface area contributed by atoms with Crippen molar-refractivity contribution < 1.29 is 39.1 Å². The van der Waals surface area contributed by atoms with E-state index >= 15 is 0 Å². The van der Waals surface area contributed by atoms with E-state index in [1.165, 1.54) is 14.2 Å². The number of benzene rings is 1. The van der Waals surface area contributed by atoms with Crippen LogP contribution in [0.1, 0.15) is 49.2 Å². The van der Waals surface area contributed by atoms with Crippen LogP contribution in [-0.2, 0) is 20.6 Å². The van der Waals surface area contributed by atoms with Gasteiger partial charge in [-0.05, 0) is 57.9 Å². The van der Waals surface area contributed by atoms with Gasteiger partial charge in [0.05, 0.1) is 5.56 Å². The van der Waals surface area contributed by atoms with Crippen LogP contribution in [0.5, 0.6) is 5.75 Å². The zero-order valence-corrected chi connectivity index (χ0v) is 19.9. The molecule has 0 saturated heterocycles. The number of carbonyl (C=O) groups is 1. The highest BCUT2D eigenvalue weighted by Gasteiger charge is 2.52. The van der Waals surface area contributed by atoms with Gasteiger partial charge < -0.3 is 34.3 Å². The first kappa shape index (κ1) is 25.4. The summed E-state index contributed by atoms with van der Waals surface area (Å²) in [4.78, 5) is 13.1. The van der Waals surface area contributed by atoms with Crippen molar-refractivity contribution in [2.24, 2.45) is 0 Å². The Hall–Kier alpha value is -2.23. The maximum absolute atomic E-state index is 13.1. The summed E-state index contributed by atoms with van der Waals surface area (Å²) < 4.78 is 22.0. The Bertz CT molecular complexity index is 913. The molecule has 0 spiro atoms. The summed E-state index contributed by atoms with van der Waals surface area (Å²) in [5.41, 5.74) is 2.47. The van der Waals surface area contributed by atoms with E-state index in [1.54, 1.807) is 12.1 Å². The van der Waals surface area contributed by atoms with E-state index in [4.69, 9.17) is 18.9 Å². The summed E-state index contributed by atoms with van der Waals surface area (Å²) in [7, 11) is 2.63. The van der Waals surface area contributed by atoms with Crippen molar-refractivity contribution in [1.82, 2.24) is 0 Å². The molecule has 2 aliphatic rings. The summed E-state index contributed by atoms with van der Waals surface area (Å²) in [6.07, 6.45) is -1.27. The molecule has 1 heterocycles. The van der Waals surface area contributed by atoms with Crippen LogP contribution in [0.25, 0.3) is 6.08 Å². The number of hydrogen-bond donors (Lipinski definition) is 3. The van der Waals surface area contributed by atoms with Crippen LogP contribution in [0.4, 0.5) is 0 Å². The summed E-state index contributed by atoms with van der Waals surface area (Å²) >= 11 is 0. The normalized spacial score (nSPS) is 30.2. The predicted molar refractivity (Wildman–Crippen MR) is 122 cm³/mol. The molecule has 0 radical (unpaired) electrons. The van der Waals surface area contributed by atoms with Crippen LogP contribution in [0.3, 0.4) is 0 Å². The van der Waals surface area contributed by atoms with Crippen molar-refractivity contribution in [1.29, 1.82) is 0 Å². The maximum atomic E-state index is 13.1. The average molecular weight is 463 g/mol. The average Bonchev–Trinajstić information content (AvgIpc) is 2.75. The molecule has 1 saturated carbocycles. The molecule has 8 nitrogen and oxygen atoms in total. The topological polar surface area (TPSA) is 115 Å². The highest BCUT2D eigenvalue weighted by atomic mass is 16.6. The Morgan fingerprint density at radius 3 is 2.15 bits per heavy atom. The van der Waals surface area contributed by atoms with Gasteiger partial charge in [0.25, 0.3) is 0 Å². The second kappa shape index (κ2) is 9.95. The van der Waals surface area contributed by atoms with Crippen molar-refractivity contribution in [3.8, 4) is 5.75 Å². The van der Waals surface area contributed by atoms with Gasteiger partial charge in [0, 0.05) is 19.8 Å². The predicted octanol–water partition coefficient (Wildman–Crippen LogP) is 2.03.